The molecule has 0 aliphatic rings. The van der Waals surface area contributed by atoms with Crippen LogP contribution in [0.4, 0.5) is 8.78 Å². The zero-order valence-corrected chi connectivity index (χ0v) is 18.1. The first kappa shape index (κ1) is 21.7. The molecule has 0 spiro atoms. The van der Waals surface area contributed by atoms with Gasteiger partial charge in [0, 0.05) is 27.8 Å². The van der Waals surface area contributed by atoms with E-state index in [4.69, 9.17) is 16.3 Å². The summed E-state index contributed by atoms with van der Waals surface area (Å²) in [5, 5.41) is 0.108. The zero-order valence-electron chi connectivity index (χ0n) is 16.5. The molecule has 32 heavy (non-hydrogen) atoms. The summed E-state index contributed by atoms with van der Waals surface area (Å²) < 4.78 is 34.1. The number of ether oxygens (including phenoxy) is 1. The Morgan fingerprint density at radius 2 is 2.06 bits per heavy atom. The van der Waals surface area contributed by atoms with Gasteiger partial charge in [0.1, 0.15) is 10.5 Å². The van der Waals surface area contributed by atoms with Crippen LogP contribution in [0.25, 0.3) is 38.2 Å². The Bertz CT molecular complexity index is 1540. The molecule has 0 saturated carbocycles. The minimum atomic E-state index is -0.847. The van der Waals surface area contributed by atoms with Crippen molar-refractivity contribution in [2.45, 2.75) is 0 Å². The molecule has 4 rings (SSSR count). The fraction of sp³-hybridized carbons (Fsp3) is 0.0455. The van der Waals surface area contributed by atoms with Crippen LogP contribution in [0, 0.1) is 5.82 Å². The van der Waals surface area contributed by atoms with Gasteiger partial charge in [-0.2, -0.15) is 0 Å². The van der Waals surface area contributed by atoms with E-state index in [0.29, 0.717) is 10.4 Å². The van der Waals surface area contributed by atoms with Crippen molar-refractivity contribution in [3.05, 3.63) is 86.6 Å². The third-order valence-electron chi connectivity index (χ3n) is 4.77. The second-order valence-electron chi connectivity index (χ2n) is 6.62. The van der Waals surface area contributed by atoms with Crippen molar-refractivity contribution in [1.82, 2.24) is 14.5 Å². The molecule has 0 bridgehead atoms. The Labute approximate surface area is 188 Å². The molecule has 4 aromatic rings. The highest BCUT2D eigenvalue weighted by Crippen LogP contribution is 2.38. The molecule has 162 valence electrons. The number of hydrogen-bond acceptors (Lipinski definition) is 5. The van der Waals surface area contributed by atoms with Crippen LogP contribution in [-0.4, -0.2) is 21.6 Å². The van der Waals surface area contributed by atoms with Gasteiger partial charge in [0.2, 0.25) is 0 Å². The molecule has 1 aromatic carbocycles. The average Bonchev–Trinajstić information content (AvgIpc) is 3.17. The van der Waals surface area contributed by atoms with Crippen molar-refractivity contribution in [3.8, 4) is 21.9 Å². The lowest BCUT2D eigenvalue weighted by Gasteiger charge is -2.11. The number of thiophene rings is 1. The minimum absolute atomic E-state index is 0.0221. The summed E-state index contributed by atoms with van der Waals surface area (Å²) in [4.78, 5) is 33.1. The van der Waals surface area contributed by atoms with Crippen LogP contribution in [-0.2, 0) is 0 Å². The van der Waals surface area contributed by atoms with E-state index in [-0.39, 0.29) is 37.8 Å². The van der Waals surface area contributed by atoms with Gasteiger partial charge in [0.25, 0.3) is 5.56 Å². The summed E-state index contributed by atoms with van der Waals surface area (Å²) in [6, 6.07) is 4.06. The van der Waals surface area contributed by atoms with Crippen LogP contribution in [0.15, 0.2) is 53.3 Å². The van der Waals surface area contributed by atoms with Crippen LogP contribution in [0.5, 0.6) is 5.75 Å². The standard InChI is InChI=1S/C22H14ClF2N3O3S/c1-4-11-8-26-9-16(19(11)10(2)24)28-21(29)20-15(27-22(28)30)7-18(32-20)12-5-17(31-3)14(25)6-13(12)23/h4-9H,1-2H2,3H3,(H,27,30). The number of halogens is 3. The molecule has 0 aliphatic heterocycles. The minimum Gasteiger partial charge on any atom is -0.494 e. The number of pyridine rings is 1. The van der Waals surface area contributed by atoms with Crippen molar-refractivity contribution in [1.29, 1.82) is 0 Å². The smallest absolute Gasteiger partial charge is 0.333 e. The SMILES string of the molecule is C=Cc1cncc(-n2c(=O)[nH]c3cc(-c4cc(OC)c(F)cc4Cl)sc3c2=O)c1C(=C)F. The number of fused-ring (bicyclic) bond motifs is 1. The lowest BCUT2D eigenvalue weighted by molar-refractivity contribution is 0.387. The Kier molecular flexibility index (Phi) is 5.53. The van der Waals surface area contributed by atoms with Crippen molar-refractivity contribution in [2.24, 2.45) is 0 Å². The number of rotatable bonds is 5. The van der Waals surface area contributed by atoms with E-state index in [9.17, 15) is 18.4 Å². The molecule has 10 heteroatoms. The summed E-state index contributed by atoms with van der Waals surface area (Å²) in [7, 11) is 1.32. The number of hydrogen-bond donors (Lipinski definition) is 1. The molecule has 0 unspecified atom stereocenters. The molecular weight excluding hydrogens is 460 g/mol. The van der Waals surface area contributed by atoms with E-state index < -0.39 is 22.9 Å². The van der Waals surface area contributed by atoms with E-state index >= 15 is 0 Å². The predicted molar refractivity (Wildman–Crippen MR) is 123 cm³/mol. The van der Waals surface area contributed by atoms with Gasteiger partial charge in [-0.1, -0.05) is 30.8 Å². The Balaban J connectivity index is 2.00. The number of methoxy groups -OCH3 is 1. The predicted octanol–water partition coefficient (Wildman–Crippen LogP) is 5.19. The monoisotopic (exact) mass is 473 g/mol. The third-order valence-corrected chi connectivity index (χ3v) is 6.24. The van der Waals surface area contributed by atoms with Crippen LogP contribution in [0.1, 0.15) is 11.1 Å². The second kappa shape index (κ2) is 8.18. The maximum absolute atomic E-state index is 14.2. The molecule has 3 heterocycles. The Morgan fingerprint density at radius 1 is 1.31 bits per heavy atom. The van der Waals surface area contributed by atoms with Gasteiger partial charge in [-0.25, -0.2) is 18.1 Å². The first-order valence-corrected chi connectivity index (χ1v) is 10.2. The number of aromatic nitrogens is 3. The fourth-order valence-corrected chi connectivity index (χ4v) is 4.70. The molecule has 6 nitrogen and oxygen atoms in total. The van der Waals surface area contributed by atoms with E-state index in [0.717, 1.165) is 22.0 Å². The summed E-state index contributed by atoms with van der Waals surface area (Å²) >= 11 is 7.23. The third kappa shape index (κ3) is 3.45. The molecule has 0 amide bonds. The van der Waals surface area contributed by atoms with Crippen molar-refractivity contribution in [3.63, 3.8) is 0 Å². The van der Waals surface area contributed by atoms with E-state index in [2.05, 4.69) is 23.1 Å². The first-order chi connectivity index (χ1) is 15.3. The summed E-state index contributed by atoms with van der Waals surface area (Å²) in [5.74, 6) is -1.50. The van der Waals surface area contributed by atoms with Crippen molar-refractivity contribution < 1.29 is 13.5 Å². The van der Waals surface area contributed by atoms with Crippen LogP contribution >= 0.6 is 22.9 Å². The average molecular weight is 474 g/mol. The van der Waals surface area contributed by atoms with Crippen LogP contribution in [0.2, 0.25) is 5.02 Å². The number of benzene rings is 1. The van der Waals surface area contributed by atoms with E-state index in [1.54, 1.807) is 6.07 Å². The number of nitrogens with zero attached hydrogens (tertiary/aromatic N) is 2. The van der Waals surface area contributed by atoms with Gasteiger partial charge < -0.3 is 9.72 Å². The fourth-order valence-electron chi connectivity index (χ4n) is 3.32. The molecule has 0 aliphatic carbocycles. The highest BCUT2D eigenvalue weighted by Gasteiger charge is 2.20. The van der Waals surface area contributed by atoms with E-state index in [1.807, 2.05) is 0 Å². The van der Waals surface area contributed by atoms with Crippen LogP contribution < -0.4 is 16.0 Å². The van der Waals surface area contributed by atoms with Gasteiger partial charge in [-0.15, -0.1) is 11.3 Å². The van der Waals surface area contributed by atoms with Gasteiger partial charge >= 0.3 is 5.69 Å². The van der Waals surface area contributed by atoms with Crippen LogP contribution in [0.3, 0.4) is 0 Å². The maximum atomic E-state index is 14.2. The van der Waals surface area contributed by atoms with Gasteiger partial charge in [-0.05, 0) is 18.2 Å². The summed E-state index contributed by atoms with van der Waals surface area (Å²) in [6.07, 6.45) is 3.90. The van der Waals surface area contributed by atoms with Gasteiger partial charge in [0.15, 0.2) is 11.6 Å². The first-order valence-electron chi connectivity index (χ1n) is 9.04. The van der Waals surface area contributed by atoms with Gasteiger partial charge in [0.05, 0.1) is 29.5 Å². The van der Waals surface area contributed by atoms with E-state index in [1.165, 1.54) is 31.6 Å². The molecule has 0 atom stereocenters. The lowest BCUT2D eigenvalue weighted by atomic mass is 10.1. The summed E-state index contributed by atoms with van der Waals surface area (Å²) in [5.41, 5.74) is -0.658. The largest absolute Gasteiger partial charge is 0.494 e. The second-order valence-corrected chi connectivity index (χ2v) is 8.08. The van der Waals surface area contributed by atoms with Crippen molar-refractivity contribution >= 4 is 45.1 Å². The maximum Gasteiger partial charge on any atom is 0.333 e. The Morgan fingerprint density at radius 3 is 2.72 bits per heavy atom. The highest BCUT2D eigenvalue weighted by atomic mass is 35.5. The molecule has 1 N–H and O–H groups in total. The lowest BCUT2D eigenvalue weighted by Crippen LogP contribution is -2.33. The number of aromatic amines is 1. The molecule has 0 saturated heterocycles. The molecular formula is C22H14ClF2N3O3S. The summed E-state index contributed by atoms with van der Waals surface area (Å²) in [6.45, 7) is 6.89. The molecule has 3 aromatic heterocycles. The normalized spacial score (nSPS) is 11.0. The Hall–Kier alpha value is -3.56. The zero-order chi connectivity index (χ0) is 23.2. The number of nitrogens with one attached hydrogen (secondary N) is 1. The topological polar surface area (TPSA) is 77.0 Å². The molecule has 0 radical (unpaired) electrons. The highest BCUT2D eigenvalue weighted by molar-refractivity contribution is 7.22. The molecule has 0 fully saturated rings. The number of H-pyrrole nitrogens is 1. The van der Waals surface area contributed by atoms with Gasteiger partial charge in [-0.3, -0.25) is 9.78 Å². The quantitative estimate of drug-likeness (QED) is 0.433. The van der Waals surface area contributed by atoms with Crippen molar-refractivity contribution in [2.75, 3.05) is 7.11 Å².